The second-order valence-electron chi connectivity index (χ2n) is 6.21. The molecule has 6 nitrogen and oxygen atoms in total. The van der Waals surface area contributed by atoms with Crippen LogP contribution in [0.15, 0.2) is 48.5 Å². The monoisotopic (exact) mass is 370 g/mol. The van der Waals surface area contributed by atoms with E-state index in [-0.39, 0.29) is 11.8 Å². The molecule has 0 aromatic heterocycles. The fraction of sp³-hybridized carbons (Fsp3) is 0.333. The number of hydrogen-bond acceptors (Lipinski definition) is 4. The van der Waals surface area contributed by atoms with Gasteiger partial charge in [0.15, 0.2) is 0 Å². The molecular weight excluding hydrogens is 344 g/mol. The van der Waals surface area contributed by atoms with Gasteiger partial charge in [-0.15, -0.1) is 0 Å². The summed E-state index contributed by atoms with van der Waals surface area (Å²) in [5.74, 6) is 1.42. The summed E-state index contributed by atoms with van der Waals surface area (Å²) < 4.78 is 10.7. The van der Waals surface area contributed by atoms with Gasteiger partial charge in [0.1, 0.15) is 11.5 Å². The first-order chi connectivity index (χ1) is 13.0. The van der Waals surface area contributed by atoms with Crippen LogP contribution >= 0.6 is 0 Å². The highest BCUT2D eigenvalue weighted by atomic mass is 16.5. The number of rotatable bonds is 9. The fourth-order valence-corrected chi connectivity index (χ4v) is 2.45. The van der Waals surface area contributed by atoms with Gasteiger partial charge in [-0.05, 0) is 42.3 Å². The van der Waals surface area contributed by atoms with Crippen LogP contribution in [-0.4, -0.2) is 37.5 Å². The van der Waals surface area contributed by atoms with Crippen molar-refractivity contribution in [3.05, 3.63) is 54.1 Å². The maximum atomic E-state index is 12.2. The largest absolute Gasteiger partial charge is 0.497 e. The lowest BCUT2D eigenvalue weighted by molar-refractivity contribution is -0.128. The van der Waals surface area contributed by atoms with Crippen molar-refractivity contribution in [1.29, 1.82) is 0 Å². The molecule has 0 heterocycles. The van der Waals surface area contributed by atoms with Crippen molar-refractivity contribution in [1.82, 2.24) is 4.90 Å². The van der Waals surface area contributed by atoms with Crippen molar-refractivity contribution in [2.24, 2.45) is 0 Å². The third-order valence-electron chi connectivity index (χ3n) is 4.11. The molecule has 0 aliphatic heterocycles. The third kappa shape index (κ3) is 6.66. The summed E-state index contributed by atoms with van der Waals surface area (Å²) in [5, 5.41) is 2.92. The number of benzene rings is 2. The second-order valence-corrected chi connectivity index (χ2v) is 6.21. The lowest BCUT2D eigenvalue weighted by atomic mass is 10.1. The van der Waals surface area contributed by atoms with Crippen LogP contribution in [0.5, 0.6) is 11.5 Å². The van der Waals surface area contributed by atoms with Crippen molar-refractivity contribution in [3.8, 4) is 11.5 Å². The normalized spacial score (nSPS) is 10.2. The van der Waals surface area contributed by atoms with Crippen molar-refractivity contribution in [2.75, 3.05) is 26.1 Å². The Hall–Kier alpha value is -3.02. The Balaban J connectivity index is 1.79. The number of nitrogens with zero attached hydrogens (tertiary/aromatic N) is 1. The van der Waals surface area contributed by atoms with Crippen LogP contribution in [0, 0.1) is 0 Å². The van der Waals surface area contributed by atoms with Gasteiger partial charge < -0.3 is 19.7 Å². The number of nitrogens with one attached hydrogen (secondary N) is 1. The number of hydrogen-bond donors (Lipinski definition) is 1. The number of carbonyl (C=O) groups is 2. The lowest BCUT2D eigenvalue weighted by Crippen LogP contribution is -2.24. The van der Waals surface area contributed by atoms with Crippen molar-refractivity contribution < 1.29 is 19.1 Å². The summed E-state index contributed by atoms with van der Waals surface area (Å²) in [6, 6.07) is 14.8. The summed E-state index contributed by atoms with van der Waals surface area (Å²) in [6.45, 7) is 2.42. The smallest absolute Gasteiger partial charge is 0.224 e. The molecule has 2 aromatic rings. The number of methoxy groups -OCH3 is 1. The number of ether oxygens (including phenoxy) is 2. The maximum absolute atomic E-state index is 12.2. The van der Waals surface area contributed by atoms with Crippen LogP contribution in [-0.2, 0) is 16.1 Å². The number of amides is 2. The van der Waals surface area contributed by atoms with Crippen LogP contribution in [0.3, 0.4) is 0 Å². The minimum atomic E-state index is -0.0775. The zero-order chi connectivity index (χ0) is 19.6. The molecule has 27 heavy (non-hydrogen) atoms. The predicted molar refractivity (Wildman–Crippen MR) is 105 cm³/mol. The Morgan fingerprint density at radius 1 is 1.04 bits per heavy atom. The summed E-state index contributed by atoms with van der Waals surface area (Å²) in [5.41, 5.74) is 1.63. The van der Waals surface area contributed by atoms with Crippen molar-refractivity contribution >= 4 is 17.5 Å². The molecule has 0 bridgehead atoms. The van der Waals surface area contributed by atoms with Gasteiger partial charge in [-0.25, -0.2) is 0 Å². The van der Waals surface area contributed by atoms with Gasteiger partial charge in [0.25, 0.3) is 0 Å². The second kappa shape index (κ2) is 10.2. The summed E-state index contributed by atoms with van der Waals surface area (Å²) in [7, 11) is 3.35. The first-order valence-corrected chi connectivity index (χ1v) is 8.86. The van der Waals surface area contributed by atoms with E-state index in [9.17, 15) is 9.59 Å². The molecular formula is C21H26N2O4. The van der Waals surface area contributed by atoms with Gasteiger partial charge in [-0.3, -0.25) is 9.59 Å². The quantitative estimate of drug-likeness (QED) is 0.686. The summed E-state index contributed by atoms with van der Waals surface area (Å²) >= 11 is 0. The first kappa shape index (κ1) is 20.3. The highest BCUT2D eigenvalue weighted by molar-refractivity contribution is 5.91. The first-order valence-electron chi connectivity index (χ1n) is 8.86. The van der Waals surface area contributed by atoms with E-state index < -0.39 is 0 Å². The molecule has 0 radical (unpaired) electrons. The van der Waals surface area contributed by atoms with E-state index in [0.717, 1.165) is 22.7 Å². The SMILES string of the molecule is COc1ccc(OCCCC(=O)Nc2ccccc2CN(C)C(C)=O)cc1. The van der Waals surface area contributed by atoms with Gasteiger partial charge in [0.2, 0.25) is 11.8 Å². The van der Waals surface area contributed by atoms with E-state index in [4.69, 9.17) is 9.47 Å². The Labute approximate surface area is 160 Å². The molecule has 0 saturated carbocycles. The van der Waals surface area contributed by atoms with Crippen LogP contribution < -0.4 is 14.8 Å². The van der Waals surface area contributed by atoms with E-state index in [0.29, 0.717) is 26.0 Å². The molecule has 0 spiro atoms. The number of anilines is 1. The summed E-state index contributed by atoms with van der Waals surface area (Å²) in [4.78, 5) is 25.2. The van der Waals surface area contributed by atoms with Gasteiger partial charge in [-0.1, -0.05) is 18.2 Å². The molecule has 144 valence electrons. The minimum absolute atomic E-state index is 0.0215. The zero-order valence-electron chi connectivity index (χ0n) is 16.0. The Morgan fingerprint density at radius 3 is 2.37 bits per heavy atom. The molecule has 6 heteroatoms. The fourth-order valence-electron chi connectivity index (χ4n) is 2.45. The predicted octanol–water partition coefficient (Wildman–Crippen LogP) is 3.47. The topological polar surface area (TPSA) is 67.9 Å². The average molecular weight is 370 g/mol. The molecule has 1 N–H and O–H groups in total. The molecule has 0 saturated heterocycles. The molecule has 2 aromatic carbocycles. The highest BCUT2D eigenvalue weighted by Gasteiger charge is 2.10. The van der Waals surface area contributed by atoms with E-state index in [1.807, 2.05) is 48.5 Å². The molecule has 0 aliphatic carbocycles. The molecule has 2 rings (SSSR count). The maximum Gasteiger partial charge on any atom is 0.224 e. The van der Waals surface area contributed by atoms with Crippen LogP contribution in [0.4, 0.5) is 5.69 Å². The minimum Gasteiger partial charge on any atom is -0.497 e. The molecule has 2 amide bonds. The van der Waals surface area contributed by atoms with Crippen LogP contribution in [0.25, 0.3) is 0 Å². The lowest BCUT2D eigenvalue weighted by Gasteiger charge is -2.18. The van der Waals surface area contributed by atoms with Gasteiger partial charge in [-0.2, -0.15) is 0 Å². The van der Waals surface area contributed by atoms with E-state index in [2.05, 4.69) is 5.32 Å². The van der Waals surface area contributed by atoms with Crippen LogP contribution in [0.1, 0.15) is 25.3 Å². The van der Waals surface area contributed by atoms with Crippen molar-refractivity contribution in [3.63, 3.8) is 0 Å². The number of para-hydroxylation sites is 1. The highest BCUT2D eigenvalue weighted by Crippen LogP contribution is 2.18. The van der Waals surface area contributed by atoms with Gasteiger partial charge >= 0.3 is 0 Å². The van der Waals surface area contributed by atoms with Crippen LogP contribution in [0.2, 0.25) is 0 Å². The Kier molecular flexibility index (Phi) is 7.67. The molecule has 0 unspecified atom stereocenters. The number of carbonyl (C=O) groups excluding carboxylic acids is 2. The van der Waals surface area contributed by atoms with E-state index in [1.165, 1.54) is 6.92 Å². The molecule has 0 aliphatic rings. The zero-order valence-corrected chi connectivity index (χ0v) is 16.0. The molecule has 0 atom stereocenters. The Bertz CT molecular complexity index is 759. The van der Waals surface area contributed by atoms with E-state index >= 15 is 0 Å². The summed E-state index contributed by atoms with van der Waals surface area (Å²) in [6.07, 6.45) is 0.959. The van der Waals surface area contributed by atoms with Gasteiger partial charge in [0, 0.05) is 32.6 Å². The Morgan fingerprint density at radius 2 is 1.70 bits per heavy atom. The standard InChI is InChI=1S/C21H26N2O4/c1-16(24)23(2)15-17-7-4-5-8-20(17)22-21(25)9-6-14-27-19-12-10-18(26-3)11-13-19/h4-5,7-8,10-13H,6,9,14-15H2,1-3H3,(H,22,25). The van der Waals surface area contributed by atoms with Gasteiger partial charge in [0.05, 0.1) is 13.7 Å². The average Bonchev–Trinajstić information content (AvgIpc) is 2.67. The third-order valence-corrected chi connectivity index (χ3v) is 4.11. The molecule has 0 fully saturated rings. The van der Waals surface area contributed by atoms with Crippen molar-refractivity contribution in [2.45, 2.75) is 26.3 Å². The van der Waals surface area contributed by atoms with E-state index in [1.54, 1.807) is 19.1 Å².